The van der Waals surface area contributed by atoms with E-state index < -0.39 is 10.2 Å². The molecule has 0 bridgehead atoms. The van der Waals surface area contributed by atoms with E-state index in [1.807, 2.05) is 25.9 Å². The molecule has 2 aliphatic heterocycles. The predicted molar refractivity (Wildman–Crippen MR) is 81.0 cm³/mol. The first-order valence-electron chi connectivity index (χ1n) is 7.52. The molecule has 0 aromatic heterocycles. The second-order valence-electron chi connectivity index (χ2n) is 6.13. The molecule has 21 heavy (non-hydrogen) atoms. The second kappa shape index (κ2) is 6.60. The standard InChI is InChI=1S/C13H26N4O3S/c1-12-5-4-6-17(12)21(19,20)16-9-7-15(8-10-16)13(18)11-14(2)3/h12H,4-11H2,1-3H3. The van der Waals surface area contributed by atoms with Gasteiger partial charge in [-0.05, 0) is 33.9 Å². The van der Waals surface area contributed by atoms with Crippen LogP contribution in [-0.4, -0.2) is 92.1 Å². The molecule has 0 aromatic carbocycles. The molecule has 2 heterocycles. The minimum absolute atomic E-state index is 0.0617. The number of carbonyl (C=O) groups excluding carboxylic acids is 1. The summed E-state index contributed by atoms with van der Waals surface area (Å²) in [6, 6.07) is 0.0865. The zero-order chi connectivity index (χ0) is 15.6. The van der Waals surface area contributed by atoms with Crippen molar-refractivity contribution in [2.75, 3.05) is 53.4 Å². The molecule has 0 spiro atoms. The Kier molecular flexibility index (Phi) is 5.24. The molecule has 1 amide bonds. The first kappa shape index (κ1) is 16.7. The summed E-state index contributed by atoms with van der Waals surface area (Å²) in [5, 5.41) is 0. The topological polar surface area (TPSA) is 64.2 Å². The van der Waals surface area contributed by atoms with Gasteiger partial charge in [-0.1, -0.05) is 0 Å². The molecule has 0 saturated carbocycles. The lowest BCUT2D eigenvalue weighted by Crippen LogP contribution is -2.55. The monoisotopic (exact) mass is 318 g/mol. The number of likely N-dealkylation sites (N-methyl/N-ethyl adjacent to an activating group) is 1. The van der Waals surface area contributed by atoms with Crippen LogP contribution in [0.1, 0.15) is 19.8 Å². The zero-order valence-corrected chi connectivity index (χ0v) is 14.0. The Labute approximate surface area is 127 Å². The van der Waals surface area contributed by atoms with Crippen LogP contribution in [0.25, 0.3) is 0 Å². The summed E-state index contributed by atoms with van der Waals surface area (Å²) in [5.74, 6) is 0.0617. The average molecular weight is 318 g/mol. The fraction of sp³-hybridized carbons (Fsp3) is 0.923. The van der Waals surface area contributed by atoms with Crippen molar-refractivity contribution < 1.29 is 13.2 Å². The molecule has 0 aliphatic carbocycles. The Morgan fingerprint density at radius 3 is 2.24 bits per heavy atom. The molecular formula is C13H26N4O3S. The quantitative estimate of drug-likeness (QED) is 0.696. The van der Waals surface area contributed by atoms with Gasteiger partial charge in [0.15, 0.2) is 0 Å². The van der Waals surface area contributed by atoms with Crippen LogP contribution in [0.5, 0.6) is 0 Å². The summed E-state index contributed by atoms with van der Waals surface area (Å²) >= 11 is 0. The Morgan fingerprint density at radius 2 is 1.76 bits per heavy atom. The molecule has 2 saturated heterocycles. The van der Waals surface area contributed by atoms with Crippen LogP contribution in [0.15, 0.2) is 0 Å². The van der Waals surface area contributed by atoms with E-state index in [2.05, 4.69) is 0 Å². The van der Waals surface area contributed by atoms with E-state index in [0.29, 0.717) is 39.3 Å². The van der Waals surface area contributed by atoms with Gasteiger partial charge in [0.1, 0.15) is 0 Å². The SMILES string of the molecule is CC1CCCN1S(=O)(=O)N1CCN(C(=O)CN(C)C)CC1. The van der Waals surface area contributed by atoms with E-state index in [4.69, 9.17) is 0 Å². The zero-order valence-electron chi connectivity index (χ0n) is 13.2. The Balaban J connectivity index is 1.93. The normalized spacial score (nSPS) is 25.7. The van der Waals surface area contributed by atoms with Gasteiger partial charge in [0.05, 0.1) is 6.54 Å². The highest BCUT2D eigenvalue weighted by Crippen LogP contribution is 2.23. The van der Waals surface area contributed by atoms with Crippen LogP contribution in [0.2, 0.25) is 0 Å². The first-order valence-corrected chi connectivity index (χ1v) is 8.91. The van der Waals surface area contributed by atoms with Crippen molar-refractivity contribution in [3.63, 3.8) is 0 Å². The largest absolute Gasteiger partial charge is 0.339 e. The molecule has 2 fully saturated rings. The number of hydrogen-bond donors (Lipinski definition) is 0. The van der Waals surface area contributed by atoms with Gasteiger partial charge in [-0.2, -0.15) is 17.0 Å². The third-order valence-electron chi connectivity index (χ3n) is 4.16. The third kappa shape index (κ3) is 3.74. The molecule has 2 aliphatic rings. The molecule has 2 rings (SSSR count). The minimum atomic E-state index is -3.36. The van der Waals surface area contributed by atoms with Gasteiger partial charge in [0.25, 0.3) is 10.2 Å². The van der Waals surface area contributed by atoms with Gasteiger partial charge in [-0.3, -0.25) is 4.79 Å². The van der Waals surface area contributed by atoms with Crippen molar-refractivity contribution in [3.05, 3.63) is 0 Å². The van der Waals surface area contributed by atoms with Gasteiger partial charge >= 0.3 is 0 Å². The van der Waals surface area contributed by atoms with Gasteiger partial charge in [0, 0.05) is 38.8 Å². The van der Waals surface area contributed by atoms with Gasteiger partial charge < -0.3 is 9.80 Å². The van der Waals surface area contributed by atoms with E-state index in [1.54, 1.807) is 9.21 Å². The maximum atomic E-state index is 12.6. The highest BCUT2D eigenvalue weighted by atomic mass is 32.2. The maximum absolute atomic E-state index is 12.6. The van der Waals surface area contributed by atoms with Crippen LogP contribution in [-0.2, 0) is 15.0 Å². The van der Waals surface area contributed by atoms with E-state index in [0.717, 1.165) is 12.8 Å². The lowest BCUT2D eigenvalue weighted by Gasteiger charge is -2.37. The number of carbonyl (C=O) groups is 1. The van der Waals surface area contributed by atoms with E-state index >= 15 is 0 Å². The lowest BCUT2D eigenvalue weighted by molar-refractivity contribution is -0.133. The summed E-state index contributed by atoms with van der Waals surface area (Å²) in [4.78, 5) is 15.6. The Hall–Kier alpha value is -0.700. The predicted octanol–water partition coefficient (Wildman–Crippen LogP) is -0.579. The molecule has 122 valence electrons. The average Bonchev–Trinajstić information content (AvgIpc) is 2.85. The summed E-state index contributed by atoms with van der Waals surface area (Å²) in [6.45, 7) is 4.69. The Bertz CT molecular complexity index is 472. The Morgan fingerprint density at radius 1 is 1.14 bits per heavy atom. The number of nitrogens with zero attached hydrogens (tertiary/aromatic N) is 4. The first-order chi connectivity index (χ1) is 9.82. The molecule has 8 heteroatoms. The fourth-order valence-corrected chi connectivity index (χ4v) is 4.78. The number of amides is 1. The molecule has 0 radical (unpaired) electrons. The fourth-order valence-electron chi connectivity index (χ4n) is 2.94. The van der Waals surface area contributed by atoms with E-state index in [9.17, 15) is 13.2 Å². The number of piperazine rings is 1. The molecule has 0 N–H and O–H groups in total. The smallest absolute Gasteiger partial charge is 0.282 e. The molecule has 7 nitrogen and oxygen atoms in total. The number of hydrogen-bond acceptors (Lipinski definition) is 4. The lowest BCUT2D eigenvalue weighted by atomic mass is 10.3. The summed E-state index contributed by atoms with van der Waals surface area (Å²) < 4.78 is 28.3. The molecule has 1 atom stereocenters. The van der Waals surface area contributed by atoms with Crippen LogP contribution < -0.4 is 0 Å². The van der Waals surface area contributed by atoms with Crippen LogP contribution in [0.4, 0.5) is 0 Å². The van der Waals surface area contributed by atoms with Crippen molar-refractivity contribution in [2.24, 2.45) is 0 Å². The third-order valence-corrected chi connectivity index (χ3v) is 6.31. The van der Waals surface area contributed by atoms with E-state index in [1.165, 1.54) is 4.31 Å². The van der Waals surface area contributed by atoms with Crippen LogP contribution >= 0.6 is 0 Å². The molecule has 0 aromatic rings. The highest BCUT2D eigenvalue weighted by molar-refractivity contribution is 7.86. The van der Waals surface area contributed by atoms with Crippen molar-refractivity contribution in [3.8, 4) is 0 Å². The molecule has 1 unspecified atom stereocenters. The minimum Gasteiger partial charge on any atom is -0.339 e. The summed E-state index contributed by atoms with van der Waals surface area (Å²) in [5.41, 5.74) is 0. The van der Waals surface area contributed by atoms with Crippen molar-refractivity contribution in [2.45, 2.75) is 25.8 Å². The maximum Gasteiger partial charge on any atom is 0.282 e. The summed E-state index contributed by atoms with van der Waals surface area (Å²) in [6.07, 6.45) is 1.86. The summed E-state index contributed by atoms with van der Waals surface area (Å²) in [7, 11) is 0.344. The van der Waals surface area contributed by atoms with E-state index in [-0.39, 0.29) is 11.9 Å². The van der Waals surface area contributed by atoms with Gasteiger partial charge in [-0.15, -0.1) is 0 Å². The van der Waals surface area contributed by atoms with Crippen molar-refractivity contribution in [1.29, 1.82) is 0 Å². The number of rotatable bonds is 4. The van der Waals surface area contributed by atoms with Crippen LogP contribution in [0.3, 0.4) is 0 Å². The van der Waals surface area contributed by atoms with Gasteiger partial charge in [-0.25, -0.2) is 0 Å². The van der Waals surface area contributed by atoms with Crippen molar-refractivity contribution >= 4 is 16.1 Å². The van der Waals surface area contributed by atoms with Crippen LogP contribution in [0, 0.1) is 0 Å². The second-order valence-corrected chi connectivity index (χ2v) is 8.01. The van der Waals surface area contributed by atoms with Gasteiger partial charge in [0.2, 0.25) is 5.91 Å². The highest BCUT2D eigenvalue weighted by Gasteiger charge is 2.37. The molecular weight excluding hydrogens is 292 g/mol. The van der Waals surface area contributed by atoms with Crippen molar-refractivity contribution in [1.82, 2.24) is 18.4 Å².